The number of nitrogens with two attached hydrogens (primary N) is 2. The zero-order chi connectivity index (χ0) is 18.9. The number of hydrogen-bond donors (Lipinski definition) is 6. The molecule has 11 nitrogen and oxygen atoms in total. The van der Waals surface area contributed by atoms with E-state index in [1.807, 2.05) is 0 Å². The van der Waals surface area contributed by atoms with Crippen molar-refractivity contribution in [1.82, 2.24) is 10.6 Å². The second kappa shape index (κ2) is 10.2. The third-order valence-corrected chi connectivity index (χ3v) is 2.99. The van der Waals surface area contributed by atoms with E-state index < -0.39 is 54.2 Å². The third kappa shape index (κ3) is 8.68. The molecule has 0 rings (SSSR count). The van der Waals surface area contributed by atoms with Crippen molar-refractivity contribution in [1.29, 1.82) is 0 Å². The number of hydrogen-bond acceptors (Lipinski definition) is 6. The summed E-state index contributed by atoms with van der Waals surface area (Å²) in [6.45, 7) is 1.37. The summed E-state index contributed by atoms with van der Waals surface area (Å²) in [6.07, 6.45) is -1.16. The van der Waals surface area contributed by atoms with E-state index in [9.17, 15) is 24.0 Å². The summed E-state index contributed by atoms with van der Waals surface area (Å²) in [7, 11) is 0. The number of nitrogens with one attached hydrogen (secondary N) is 2. The number of amides is 3. The molecule has 0 radical (unpaired) electrons. The van der Waals surface area contributed by atoms with Gasteiger partial charge in [-0.3, -0.25) is 19.2 Å². The Morgan fingerprint density at radius 3 is 1.83 bits per heavy atom. The summed E-state index contributed by atoms with van der Waals surface area (Å²) in [5.74, 6) is -4.89. The summed E-state index contributed by atoms with van der Waals surface area (Å²) in [4.78, 5) is 56.2. The highest BCUT2D eigenvalue weighted by molar-refractivity contribution is 5.92. The van der Waals surface area contributed by atoms with Crippen molar-refractivity contribution in [3.8, 4) is 0 Å². The van der Waals surface area contributed by atoms with Gasteiger partial charge in [0.15, 0.2) is 0 Å². The quantitative estimate of drug-likeness (QED) is 0.236. The van der Waals surface area contributed by atoms with E-state index in [0.717, 1.165) is 0 Å². The van der Waals surface area contributed by atoms with E-state index in [0.29, 0.717) is 0 Å². The lowest BCUT2D eigenvalue weighted by Crippen LogP contribution is -2.54. The van der Waals surface area contributed by atoms with Crippen LogP contribution in [0.15, 0.2) is 0 Å². The fraction of sp³-hybridized carbons (Fsp3) is 0.615. The van der Waals surface area contributed by atoms with Crippen molar-refractivity contribution in [2.75, 3.05) is 0 Å². The van der Waals surface area contributed by atoms with E-state index in [2.05, 4.69) is 10.6 Å². The Labute approximate surface area is 137 Å². The predicted octanol–water partition coefficient (Wildman–Crippen LogP) is -2.48. The van der Waals surface area contributed by atoms with Gasteiger partial charge in [0.2, 0.25) is 17.7 Å². The molecule has 0 saturated carbocycles. The monoisotopic (exact) mass is 346 g/mol. The van der Waals surface area contributed by atoms with Crippen LogP contribution in [-0.4, -0.2) is 58.0 Å². The normalized spacial score (nSPS) is 14.1. The molecule has 0 spiro atoms. The van der Waals surface area contributed by atoms with Crippen LogP contribution in [0.1, 0.15) is 32.6 Å². The molecule has 0 heterocycles. The van der Waals surface area contributed by atoms with Crippen LogP contribution in [0.4, 0.5) is 0 Å². The van der Waals surface area contributed by atoms with Gasteiger partial charge in [0, 0.05) is 12.8 Å². The topological polar surface area (TPSA) is 202 Å². The minimum absolute atomic E-state index is 0.233. The first kappa shape index (κ1) is 21.3. The molecule has 136 valence electrons. The second-order valence-electron chi connectivity index (χ2n) is 5.19. The van der Waals surface area contributed by atoms with Gasteiger partial charge in [-0.2, -0.15) is 0 Å². The maximum Gasteiger partial charge on any atom is 0.326 e. The highest BCUT2D eigenvalue weighted by atomic mass is 16.4. The van der Waals surface area contributed by atoms with Gasteiger partial charge in [-0.1, -0.05) is 0 Å². The Morgan fingerprint density at radius 2 is 1.42 bits per heavy atom. The first-order valence-electron chi connectivity index (χ1n) is 7.13. The van der Waals surface area contributed by atoms with Crippen LogP contribution in [0.3, 0.4) is 0 Å². The van der Waals surface area contributed by atoms with Gasteiger partial charge in [-0.15, -0.1) is 0 Å². The molecule has 0 fully saturated rings. The second-order valence-corrected chi connectivity index (χ2v) is 5.19. The molecular weight excluding hydrogens is 324 g/mol. The number of carboxylic acid groups (broad SMARTS) is 2. The van der Waals surface area contributed by atoms with Crippen molar-refractivity contribution >= 4 is 29.7 Å². The summed E-state index contributed by atoms with van der Waals surface area (Å²) in [5.41, 5.74) is 10.3. The van der Waals surface area contributed by atoms with Crippen LogP contribution >= 0.6 is 0 Å². The van der Waals surface area contributed by atoms with Crippen LogP contribution in [0, 0.1) is 0 Å². The molecule has 0 aliphatic heterocycles. The Balaban J connectivity index is 4.97. The number of carbonyl (C=O) groups excluding carboxylic acids is 3. The average Bonchev–Trinajstić information content (AvgIpc) is 2.46. The fourth-order valence-corrected chi connectivity index (χ4v) is 1.66. The van der Waals surface area contributed by atoms with Crippen molar-refractivity contribution in [2.24, 2.45) is 11.5 Å². The zero-order valence-corrected chi connectivity index (χ0v) is 13.2. The number of carbonyl (C=O) groups is 5. The first-order valence-corrected chi connectivity index (χ1v) is 7.13. The molecule has 0 aliphatic rings. The lowest BCUT2D eigenvalue weighted by Gasteiger charge is -2.21. The lowest BCUT2D eigenvalue weighted by atomic mass is 10.1. The van der Waals surface area contributed by atoms with Crippen LogP contribution in [0.5, 0.6) is 0 Å². The van der Waals surface area contributed by atoms with E-state index in [1.54, 1.807) is 0 Å². The van der Waals surface area contributed by atoms with Crippen LogP contribution in [0.2, 0.25) is 0 Å². The van der Waals surface area contributed by atoms with Crippen LogP contribution in [0.25, 0.3) is 0 Å². The first-order chi connectivity index (χ1) is 11.0. The van der Waals surface area contributed by atoms with Gasteiger partial charge in [0.25, 0.3) is 0 Å². The van der Waals surface area contributed by atoms with Gasteiger partial charge in [0.1, 0.15) is 12.1 Å². The van der Waals surface area contributed by atoms with Gasteiger partial charge in [-0.05, 0) is 19.8 Å². The minimum Gasteiger partial charge on any atom is -0.481 e. The molecule has 0 bridgehead atoms. The van der Waals surface area contributed by atoms with Crippen molar-refractivity contribution in [2.45, 2.75) is 50.7 Å². The number of primary amides is 1. The SMILES string of the molecule is C[C@H](N)C(=O)N[C@@H](CCC(=O)O)C(=O)N[C@@H](CCC(N)=O)C(=O)O. The minimum atomic E-state index is -1.40. The van der Waals surface area contributed by atoms with Crippen LogP contribution < -0.4 is 22.1 Å². The van der Waals surface area contributed by atoms with E-state index in [-0.39, 0.29) is 19.3 Å². The molecule has 0 aliphatic carbocycles. The molecule has 11 heteroatoms. The number of carboxylic acids is 2. The molecule has 8 N–H and O–H groups in total. The Kier molecular flexibility index (Phi) is 9.02. The summed E-state index contributed by atoms with van der Waals surface area (Å²) in [6, 6.07) is -3.60. The number of aliphatic carboxylic acids is 2. The molecule has 24 heavy (non-hydrogen) atoms. The summed E-state index contributed by atoms with van der Waals surface area (Å²) < 4.78 is 0. The zero-order valence-electron chi connectivity index (χ0n) is 13.2. The molecular formula is C13H22N4O7. The highest BCUT2D eigenvalue weighted by Gasteiger charge is 2.27. The Hall–Kier alpha value is -2.69. The van der Waals surface area contributed by atoms with Gasteiger partial charge in [-0.25, -0.2) is 4.79 Å². The van der Waals surface area contributed by atoms with Crippen LogP contribution in [-0.2, 0) is 24.0 Å². The largest absolute Gasteiger partial charge is 0.481 e. The Bertz CT molecular complexity index is 507. The molecule has 0 saturated heterocycles. The van der Waals surface area contributed by atoms with E-state index >= 15 is 0 Å². The van der Waals surface area contributed by atoms with Crippen molar-refractivity contribution < 1.29 is 34.2 Å². The van der Waals surface area contributed by atoms with Gasteiger partial charge < -0.3 is 32.3 Å². The molecule has 0 aromatic heterocycles. The maximum absolute atomic E-state index is 12.1. The number of rotatable bonds is 11. The van der Waals surface area contributed by atoms with Crippen molar-refractivity contribution in [3.05, 3.63) is 0 Å². The lowest BCUT2D eigenvalue weighted by molar-refractivity contribution is -0.143. The molecule has 3 amide bonds. The standard InChI is InChI=1S/C13H22N4O7/c1-6(14)11(21)16-7(3-5-10(19)20)12(22)17-8(13(23)24)2-4-9(15)18/h6-8H,2-5,14H2,1H3,(H2,15,18)(H,16,21)(H,17,22)(H,19,20)(H,23,24)/t6-,7-,8-/m0/s1. The van der Waals surface area contributed by atoms with Crippen molar-refractivity contribution in [3.63, 3.8) is 0 Å². The van der Waals surface area contributed by atoms with E-state index in [4.69, 9.17) is 21.7 Å². The molecule has 0 aromatic rings. The maximum atomic E-state index is 12.1. The smallest absolute Gasteiger partial charge is 0.326 e. The van der Waals surface area contributed by atoms with E-state index in [1.165, 1.54) is 6.92 Å². The fourth-order valence-electron chi connectivity index (χ4n) is 1.66. The Morgan fingerprint density at radius 1 is 0.917 bits per heavy atom. The third-order valence-electron chi connectivity index (χ3n) is 2.99. The summed E-state index contributed by atoms with van der Waals surface area (Å²) >= 11 is 0. The predicted molar refractivity (Wildman–Crippen MR) is 80.4 cm³/mol. The highest BCUT2D eigenvalue weighted by Crippen LogP contribution is 2.03. The summed E-state index contributed by atoms with van der Waals surface area (Å²) in [5, 5.41) is 22.1. The van der Waals surface area contributed by atoms with Gasteiger partial charge >= 0.3 is 11.9 Å². The molecule has 0 unspecified atom stereocenters. The average molecular weight is 346 g/mol. The molecule has 3 atom stereocenters. The molecule has 0 aromatic carbocycles. The van der Waals surface area contributed by atoms with Gasteiger partial charge in [0.05, 0.1) is 6.04 Å².